The molecule has 1 fully saturated rings. The Hall–Kier alpha value is -2.28. The molecule has 5 atom stereocenters. The Bertz CT molecular complexity index is 896. The number of aliphatic hydroxyl groups excluding tert-OH is 2. The van der Waals surface area contributed by atoms with Crippen molar-refractivity contribution in [3.63, 3.8) is 0 Å². The van der Waals surface area contributed by atoms with Crippen molar-refractivity contribution in [1.82, 2.24) is 14.5 Å². The molecule has 26 heavy (non-hydrogen) atoms. The second kappa shape index (κ2) is 6.79. The zero-order chi connectivity index (χ0) is 18.3. The number of nitrogens with zero attached hydrogens (tertiary/aromatic N) is 3. The number of hydrogen-bond donors (Lipinski definition) is 2. The number of hydrogen-bond acceptors (Lipinski definition) is 5. The van der Waals surface area contributed by atoms with Crippen LogP contribution in [0.25, 0.3) is 11.0 Å². The maximum atomic E-state index is 10.7. The lowest BCUT2D eigenvalue weighted by atomic mass is 9.93. The number of ether oxygens (including phenoxy) is 1. The quantitative estimate of drug-likeness (QED) is 0.752. The van der Waals surface area contributed by atoms with Gasteiger partial charge >= 0.3 is 0 Å². The van der Waals surface area contributed by atoms with Crippen molar-refractivity contribution in [3.8, 4) is 0 Å². The number of fused-ring (bicyclic) bond motifs is 1. The van der Waals surface area contributed by atoms with E-state index in [1.807, 2.05) is 61.0 Å². The average molecular weight is 353 g/mol. The van der Waals surface area contributed by atoms with Crippen molar-refractivity contribution in [1.29, 1.82) is 0 Å². The predicted octanol–water partition coefficient (Wildman–Crippen LogP) is 2.24. The van der Waals surface area contributed by atoms with Gasteiger partial charge in [-0.3, -0.25) is 0 Å². The van der Waals surface area contributed by atoms with E-state index in [4.69, 9.17) is 4.74 Å². The van der Waals surface area contributed by atoms with Crippen LogP contribution in [-0.4, -0.2) is 43.1 Å². The van der Waals surface area contributed by atoms with Crippen molar-refractivity contribution in [2.75, 3.05) is 0 Å². The molecule has 4 rings (SSSR count). The molecule has 1 aromatic carbocycles. The van der Waals surface area contributed by atoms with Crippen LogP contribution in [0.5, 0.6) is 0 Å². The van der Waals surface area contributed by atoms with Gasteiger partial charge in [-0.05, 0) is 18.6 Å². The Balaban J connectivity index is 1.58. The highest BCUT2D eigenvalue weighted by Crippen LogP contribution is 2.37. The first-order valence-corrected chi connectivity index (χ1v) is 8.90. The second-order valence-electron chi connectivity index (χ2n) is 7.02. The summed E-state index contributed by atoms with van der Waals surface area (Å²) in [4.78, 5) is 8.55. The molecule has 0 spiro atoms. The molecule has 1 saturated heterocycles. The van der Waals surface area contributed by atoms with Gasteiger partial charge in [0.1, 0.15) is 18.1 Å². The van der Waals surface area contributed by atoms with E-state index in [0.29, 0.717) is 6.42 Å². The van der Waals surface area contributed by atoms with Crippen LogP contribution >= 0.6 is 0 Å². The first-order chi connectivity index (χ1) is 12.6. The maximum absolute atomic E-state index is 10.7. The summed E-state index contributed by atoms with van der Waals surface area (Å²) in [6.07, 6.45) is 1.42. The zero-order valence-electron chi connectivity index (χ0n) is 14.9. The lowest BCUT2D eigenvalue weighted by Crippen LogP contribution is -2.34. The molecule has 0 saturated carbocycles. The summed E-state index contributed by atoms with van der Waals surface area (Å²) in [5, 5.41) is 22.4. The van der Waals surface area contributed by atoms with E-state index >= 15 is 0 Å². The number of aliphatic hydroxyl groups is 2. The smallest absolute Gasteiger partial charge is 0.162 e. The molecule has 0 bridgehead atoms. The third-order valence-corrected chi connectivity index (χ3v) is 5.30. The molecule has 1 aliphatic rings. The number of aryl methyl sites for hydroxylation is 1. The Morgan fingerprint density at radius 3 is 2.73 bits per heavy atom. The van der Waals surface area contributed by atoms with E-state index in [1.165, 1.54) is 6.33 Å². The number of benzene rings is 1. The Kier molecular flexibility index (Phi) is 4.48. The number of rotatable bonds is 4. The van der Waals surface area contributed by atoms with Crippen LogP contribution in [0.2, 0.25) is 0 Å². The molecule has 0 aliphatic carbocycles. The molecule has 3 aromatic rings. The maximum Gasteiger partial charge on any atom is 0.162 e. The van der Waals surface area contributed by atoms with Crippen molar-refractivity contribution in [2.24, 2.45) is 5.92 Å². The van der Waals surface area contributed by atoms with E-state index in [0.717, 1.165) is 22.3 Å². The van der Waals surface area contributed by atoms with Crippen LogP contribution in [0.1, 0.15) is 24.4 Å². The second-order valence-corrected chi connectivity index (χ2v) is 7.02. The van der Waals surface area contributed by atoms with Gasteiger partial charge in [0, 0.05) is 23.9 Å². The first kappa shape index (κ1) is 17.1. The van der Waals surface area contributed by atoms with Crippen LogP contribution in [0.15, 0.2) is 48.9 Å². The summed E-state index contributed by atoms with van der Waals surface area (Å²) in [7, 11) is 0. The fourth-order valence-electron chi connectivity index (χ4n) is 3.77. The van der Waals surface area contributed by atoms with Gasteiger partial charge < -0.3 is 19.5 Å². The highest BCUT2D eigenvalue weighted by atomic mass is 16.5. The molecule has 0 amide bonds. The van der Waals surface area contributed by atoms with Crippen LogP contribution in [-0.2, 0) is 11.2 Å². The highest BCUT2D eigenvalue weighted by Gasteiger charge is 2.45. The van der Waals surface area contributed by atoms with Gasteiger partial charge in [0.2, 0.25) is 0 Å². The summed E-state index contributed by atoms with van der Waals surface area (Å²) in [5.41, 5.74) is 2.66. The summed E-state index contributed by atoms with van der Waals surface area (Å²) in [5.74, 6) is -0.195. The van der Waals surface area contributed by atoms with Crippen molar-refractivity contribution >= 4 is 11.0 Å². The Morgan fingerprint density at radius 2 is 1.96 bits per heavy atom. The van der Waals surface area contributed by atoms with Crippen LogP contribution < -0.4 is 0 Å². The van der Waals surface area contributed by atoms with E-state index in [1.54, 1.807) is 0 Å². The van der Waals surface area contributed by atoms with Crippen LogP contribution in [0, 0.1) is 12.8 Å². The van der Waals surface area contributed by atoms with Crippen molar-refractivity contribution in [2.45, 2.75) is 44.8 Å². The topological polar surface area (TPSA) is 80.4 Å². The first-order valence-electron chi connectivity index (χ1n) is 8.90. The van der Waals surface area contributed by atoms with Gasteiger partial charge in [-0.25, -0.2) is 9.97 Å². The van der Waals surface area contributed by atoms with E-state index in [9.17, 15) is 10.2 Å². The lowest BCUT2D eigenvalue weighted by Gasteiger charge is -2.22. The van der Waals surface area contributed by atoms with Crippen molar-refractivity contribution < 1.29 is 14.9 Å². The molecule has 6 heteroatoms. The minimum atomic E-state index is -0.726. The zero-order valence-corrected chi connectivity index (χ0v) is 14.9. The summed E-state index contributed by atoms with van der Waals surface area (Å²) in [6.45, 7) is 3.84. The molecule has 1 aliphatic heterocycles. The van der Waals surface area contributed by atoms with Gasteiger partial charge in [-0.1, -0.05) is 37.3 Å². The highest BCUT2D eigenvalue weighted by molar-refractivity contribution is 5.78. The summed E-state index contributed by atoms with van der Waals surface area (Å²) in [6, 6.07) is 11.7. The Labute approximate surface area is 152 Å². The molecular weight excluding hydrogens is 330 g/mol. The molecule has 5 unspecified atom stereocenters. The molecule has 2 N–H and O–H groups in total. The summed E-state index contributed by atoms with van der Waals surface area (Å²) < 4.78 is 7.95. The molecule has 6 nitrogen and oxygen atoms in total. The fourth-order valence-corrected chi connectivity index (χ4v) is 3.77. The van der Waals surface area contributed by atoms with Gasteiger partial charge in [-0.15, -0.1) is 0 Å². The molecule has 2 aromatic heterocycles. The monoisotopic (exact) mass is 353 g/mol. The minimum absolute atomic E-state index is 0.195. The standard InChI is InChI=1S/C20H23N3O3/c1-12-17(25)20(23-9-8-15-13(2)21-11-22-19(15)23)26-18(12)16(24)10-14-6-4-3-5-7-14/h3-9,11-12,16-18,20,24-25H,10H2,1-2H3. The van der Waals surface area contributed by atoms with E-state index in [2.05, 4.69) is 9.97 Å². The van der Waals surface area contributed by atoms with E-state index in [-0.39, 0.29) is 5.92 Å². The SMILES string of the molecule is Cc1ncnc2c1ccn2C1OC(C(O)Cc2ccccc2)C(C)C1O. The molecular formula is C20H23N3O3. The molecule has 0 radical (unpaired) electrons. The van der Waals surface area contributed by atoms with Gasteiger partial charge in [0.15, 0.2) is 6.23 Å². The fraction of sp³-hybridized carbons (Fsp3) is 0.400. The number of aromatic nitrogens is 3. The third-order valence-electron chi connectivity index (χ3n) is 5.30. The van der Waals surface area contributed by atoms with Crippen LogP contribution in [0.4, 0.5) is 0 Å². The minimum Gasteiger partial charge on any atom is -0.390 e. The predicted molar refractivity (Wildman–Crippen MR) is 97.5 cm³/mol. The van der Waals surface area contributed by atoms with Gasteiger partial charge in [0.25, 0.3) is 0 Å². The normalized spacial score (nSPS) is 27.1. The summed E-state index contributed by atoms with van der Waals surface area (Å²) >= 11 is 0. The third kappa shape index (κ3) is 2.90. The van der Waals surface area contributed by atoms with Crippen LogP contribution in [0.3, 0.4) is 0 Å². The molecule has 136 valence electrons. The Morgan fingerprint density at radius 1 is 1.19 bits per heavy atom. The average Bonchev–Trinajstić information content (AvgIpc) is 3.19. The van der Waals surface area contributed by atoms with Gasteiger partial charge in [0.05, 0.1) is 17.9 Å². The lowest BCUT2D eigenvalue weighted by molar-refractivity contribution is -0.0758. The van der Waals surface area contributed by atoms with E-state index < -0.39 is 24.5 Å². The molecule has 3 heterocycles. The van der Waals surface area contributed by atoms with Gasteiger partial charge in [-0.2, -0.15) is 0 Å². The largest absolute Gasteiger partial charge is 0.390 e. The van der Waals surface area contributed by atoms with Crippen molar-refractivity contribution in [3.05, 3.63) is 60.2 Å².